The van der Waals surface area contributed by atoms with Crippen LogP contribution in [-0.2, 0) is 34.7 Å². The average molecular weight is 325 g/mol. The summed E-state index contributed by atoms with van der Waals surface area (Å²) in [5, 5.41) is 0. The number of carbonyl (C=O) groups excluding carboxylic acids is 2. The minimum atomic E-state index is -3.71. The van der Waals surface area contributed by atoms with E-state index in [4.69, 9.17) is 9.47 Å². The molecule has 1 atom stereocenters. The normalized spacial score (nSPS) is 21.5. The molecular weight excluding hydrogens is 310 g/mol. The first-order valence-electron chi connectivity index (χ1n) is 6.33. The van der Waals surface area contributed by atoms with Gasteiger partial charge in [-0.3, -0.25) is 14.3 Å². The second-order valence-corrected chi connectivity index (χ2v) is 6.71. The fourth-order valence-electron chi connectivity index (χ4n) is 2.03. The van der Waals surface area contributed by atoms with E-state index in [1.165, 1.54) is 6.92 Å². The van der Waals surface area contributed by atoms with E-state index in [1.54, 1.807) is 30.3 Å². The summed E-state index contributed by atoms with van der Waals surface area (Å²) in [7, 11) is -3.71. The molecule has 0 saturated heterocycles. The highest BCUT2D eigenvalue weighted by Gasteiger charge is 2.49. The van der Waals surface area contributed by atoms with Crippen LogP contribution in [0, 0.1) is 0 Å². The summed E-state index contributed by atoms with van der Waals surface area (Å²) < 4.78 is 35.2. The summed E-state index contributed by atoms with van der Waals surface area (Å²) in [6, 6.07) is 8.51. The summed E-state index contributed by atoms with van der Waals surface area (Å²) in [5.74, 6) is -2.24. The maximum atomic E-state index is 12.6. The second-order valence-electron chi connectivity index (χ2n) is 4.96. The molecule has 2 rings (SSSR count). The molecule has 0 radical (unpaired) electrons. The second kappa shape index (κ2) is 5.45. The summed E-state index contributed by atoms with van der Waals surface area (Å²) >= 11 is 0. The van der Waals surface area contributed by atoms with Crippen LogP contribution in [0.5, 0.6) is 0 Å². The van der Waals surface area contributed by atoms with Crippen LogP contribution in [0.15, 0.2) is 42.0 Å². The van der Waals surface area contributed by atoms with Gasteiger partial charge >= 0.3 is 5.97 Å². The highest BCUT2D eigenvalue weighted by atomic mass is 32.2. The number of esters is 1. The molecule has 0 bridgehead atoms. The van der Waals surface area contributed by atoms with Gasteiger partial charge in [-0.15, -0.1) is 0 Å². The Kier molecular flexibility index (Phi) is 3.97. The molecule has 0 saturated carbocycles. The maximum Gasteiger partial charge on any atom is 0.308 e. The lowest BCUT2D eigenvalue weighted by Gasteiger charge is -2.23. The maximum absolute atomic E-state index is 12.6. The van der Waals surface area contributed by atoms with Gasteiger partial charge in [0.1, 0.15) is 0 Å². The highest BCUT2D eigenvalue weighted by Crippen LogP contribution is 2.38. The molecule has 1 aliphatic rings. The fraction of sp³-hybridized carbons (Fsp3) is 0.286. The van der Waals surface area contributed by atoms with Crippen LogP contribution in [0.3, 0.4) is 0 Å². The van der Waals surface area contributed by atoms with E-state index < -0.39 is 39.0 Å². The van der Waals surface area contributed by atoms with Crippen LogP contribution in [0.4, 0.5) is 0 Å². The Labute approximate surface area is 128 Å². The highest BCUT2D eigenvalue weighted by molar-refractivity contribution is 7.88. The molecule has 1 unspecified atom stereocenters. The smallest absolute Gasteiger partial charge is 0.308 e. The fourth-order valence-corrected chi connectivity index (χ4v) is 2.51. The van der Waals surface area contributed by atoms with Gasteiger partial charge in [-0.1, -0.05) is 30.3 Å². The lowest BCUT2D eigenvalue weighted by molar-refractivity contribution is -0.142. The summed E-state index contributed by atoms with van der Waals surface area (Å²) in [5.41, 5.74) is -0.964. The van der Waals surface area contributed by atoms with E-state index in [-0.39, 0.29) is 0 Å². The Hall–Kier alpha value is -2.35. The van der Waals surface area contributed by atoms with Crippen molar-refractivity contribution in [2.75, 3.05) is 6.26 Å². The number of hydrogen-bond acceptors (Lipinski definition) is 6. The third-order valence-corrected chi connectivity index (χ3v) is 3.56. The third kappa shape index (κ3) is 3.11. The molecule has 1 aromatic rings. The van der Waals surface area contributed by atoms with Gasteiger partial charge in [0.2, 0.25) is 21.7 Å². The van der Waals surface area contributed by atoms with Crippen LogP contribution in [0.25, 0.3) is 0 Å². The van der Waals surface area contributed by atoms with Crippen molar-refractivity contribution in [3.05, 3.63) is 47.5 Å². The Balaban J connectivity index is 2.47. The lowest BCUT2D eigenvalue weighted by atomic mass is 9.92. The average Bonchev–Trinajstić information content (AvgIpc) is 2.63. The van der Waals surface area contributed by atoms with Crippen molar-refractivity contribution in [1.82, 2.24) is 4.72 Å². The largest absolute Gasteiger partial charge is 0.456 e. The van der Waals surface area contributed by atoms with Gasteiger partial charge in [0.15, 0.2) is 5.60 Å². The number of carbonyl (C=O) groups is 2. The predicted octanol–water partition coefficient (Wildman–Crippen LogP) is 0.782. The van der Waals surface area contributed by atoms with Crippen molar-refractivity contribution in [1.29, 1.82) is 0 Å². The quantitative estimate of drug-likeness (QED) is 0.822. The van der Waals surface area contributed by atoms with Gasteiger partial charge in [-0.05, 0) is 6.92 Å². The number of rotatable bonds is 4. The summed E-state index contributed by atoms with van der Waals surface area (Å²) in [6.45, 7) is 2.58. The number of sulfonamides is 1. The molecule has 118 valence electrons. The van der Waals surface area contributed by atoms with Gasteiger partial charge in [0.25, 0.3) is 5.78 Å². The van der Waals surface area contributed by atoms with Gasteiger partial charge in [0.05, 0.1) is 6.26 Å². The first-order valence-corrected chi connectivity index (χ1v) is 8.22. The van der Waals surface area contributed by atoms with Crippen molar-refractivity contribution in [2.45, 2.75) is 19.4 Å². The molecule has 0 fully saturated rings. The zero-order valence-electron chi connectivity index (χ0n) is 12.2. The molecular formula is C14H15NO6S. The van der Waals surface area contributed by atoms with Crippen LogP contribution in [0.2, 0.25) is 0 Å². The van der Waals surface area contributed by atoms with Gasteiger partial charge < -0.3 is 9.47 Å². The molecule has 0 spiro atoms. The number of ether oxygens (including phenoxy) is 2. The van der Waals surface area contributed by atoms with E-state index >= 15 is 0 Å². The Bertz CT molecular complexity index is 753. The van der Waals surface area contributed by atoms with Gasteiger partial charge in [-0.2, -0.15) is 0 Å². The molecule has 22 heavy (non-hydrogen) atoms. The van der Waals surface area contributed by atoms with Crippen molar-refractivity contribution >= 4 is 21.8 Å². The Morgan fingerprint density at radius 3 is 2.36 bits per heavy atom. The third-order valence-electron chi connectivity index (χ3n) is 3.00. The Morgan fingerprint density at radius 2 is 1.86 bits per heavy atom. The number of Topliss-reactive ketones (excluding diaryl/α,β-unsaturated/α-hetero) is 1. The number of benzene rings is 1. The first kappa shape index (κ1) is 16.0. The molecule has 8 heteroatoms. The SMILES string of the molecule is CC(=O)OC1=C(NS(C)(=O)=O)OC(C)(c2ccccc2)C1=O. The Morgan fingerprint density at radius 1 is 1.27 bits per heavy atom. The van der Waals surface area contributed by atoms with Gasteiger partial charge in [-0.25, -0.2) is 8.42 Å². The first-order chi connectivity index (χ1) is 10.1. The van der Waals surface area contributed by atoms with Crippen LogP contribution >= 0.6 is 0 Å². The molecule has 1 aromatic carbocycles. The van der Waals surface area contributed by atoms with Crippen molar-refractivity contribution in [3.8, 4) is 0 Å². The lowest BCUT2D eigenvalue weighted by Crippen LogP contribution is -2.32. The van der Waals surface area contributed by atoms with E-state index in [0.717, 1.165) is 13.2 Å². The van der Waals surface area contributed by atoms with Gasteiger partial charge in [0, 0.05) is 12.5 Å². The number of hydrogen-bond donors (Lipinski definition) is 1. The van der Waals surface area contributed by atoms with Crippen molar-refractivity contribution < 1.29 is 27.5 Å². The van der Waals surface area contributed by atoms with E-state index in [2.05, 4.69) is 4.72 Å². The summed E-state index contributed by atoms with van der Waals surface area (Å²) in [6.07, 6.45) is 0.900. The number of nitrogens with one attached hydrogen (secondary N) is 1. The van der Waals surface area contributed by atoms with E-state index in [9.17, 15) is 18.0 Å². The molecule has 7 nitrogen and oxygen atoms in total. The van der Waals surface area contributed by atoms with Crippen LogP contribution < -0.4 is 4.72 Å². The summed E-state index contributed by atoms with van der Waals surface area (Å²) in [4.78, 5) is 23.7. The van der Waals surface area contributed by atoms with Crippen molar-refractivity contribution in [2.24, 2.45) is 0 Å². The molecule has 0 amide bonds. The predicted molar refractivity (Wildman–Crippen MR) is 76.7 cm³/mol. The van der Waals surface area contributed by atoms with E-state index in [1.807, 2.05) is 0 Å². The number of ketones is 1. The zero-order chi connectivity index (χ0) is 16.5. The molecule has 0 aromatic heterocycles. The van der Waals surface area contributed by atoms with Crippen molar-refractivity contribution in [3.63, 3.8) is 0 Å². The molecule has 1 aliphatic heterocycles. The van der Waals surface area contributed by atoms with E-state index in [0.29, 0.717) is 5.56 Å². The molecule has 0 aliphatic carbocycles. The minimum Gasteiger partial charge on any atom is -0.456 e. The topological polar surface area (TPSA) is 98.8 Å². The molecule has 1 N–H and O–H groups in total. The standard InChI is InChI=1S/C14H15NO6S/c1-9(16)20-11-12(17)14(2,10-7-5-4-6-8-10)21-13(11)15-22(3,18)19/h4-8,15H,1-3H3. The van der Waals surface area contributed by atoms with Crippen LogP contribution in [0.1, 0.15) is 19.4 Å². The zero-order valence-corrected chi connectivity index (χ0v) is 13.1. The molecule has 1 heterocycles. The minimum absolute atomic E-state index is 0.394. The monoisotopic (exact) mass is 325 g/mol. The van der Waals surface area contributed by atoms with Crippen LogP contribution in [-0.4, -0.2) is 26.4 Å².